The number of aryl methyl sites for hydroxylation is 2. The van der Waals surface area contributed by atoms with Crippen LogP contribution >= 0.6 is 0 Å². The summed E-state index contributed by atoms with van der Waals surface area (Å²) in [5, 5.41) is 2.65. The summed E-state index contributed by atoms with van der Waals surface area (Å²) in [4.78, 5) is 26.6. The van der Waals surface area contributed by atoms with Crippen molar-refractivity contribution in [3.8, 4) is 0 Å². The van der Waals surface area contributed by atoms with Gasteiger partial charge in [0.2, 0.25) is 5.91 Å². The zero-order chi connectivity index (χ0) is 21.9. The van der Waals surface area contributed by atoms with Crippen LogP contribution in [0.4, 0.5) is 5.69 Å². The summed E-state index contributed by atoms with van der Waals surface area (Å²) < 4.78 is 28.2. The SMILES string of the molecule is CNC(=O)C1CCN(C(=O)c2cc(S(=O)(=O)Nc3ccc(C)cc3)ccc2C)CC1. The Kier molecular flexibility index (Phi) is 6.45. The maximum Gasteiger partial charge on any atom is 0.261 e. The molecule has 0 spiro atoms. The highest BCUT2D eigenvalue weighted by molar-refractivity contribution is 7.92. The largest absolute Gasteiger partial charge is 0.359 e. The molecule has 0 bridgehead atoms. The molecule has 160 valence electrons. The monoisotopic (exact) mass is 429 g/mol. The van der Waals surface area contributed by atoms with Gasteiger partial charge in [0.1, 0.15) is 0 Å². The van der Waals surface area contributed by atoms with Crippen molar-refractivity contribution in [1.82, 2.24) is 10.2 Å². The summed E-state index contributed by atoms with van der Waals surface area (Å²) in [6.45, 7) is 4.64. The molecular weight excluding hydrogens is 402 g/mol. The van der Waals surface area contributed by atoms with Crippen LogP contribution in [-0.2, 0) is 14.8 Å². The van der Waals surface area contributed by atoms with Gasteiger partial charge in [-0.3, -0.25) is 14.3 Å². The second-order valence-corrected chi connectivity index (χ2v) is 9.31. The Bertz CT molecular complexity index is 1040. The van der Waals surface area contributed by atoms with E-state index in [2.05, 4.69) is 10.0 Å². The average molecular weight is 430 g/mol. The molecule has 2 aromatic carbocycles. The first-order chi connectivity index (χ1) is 14.2. The highest BCUT2D eigenvalue weighted by atomic mass is 32.2. The van der Waals surface area contributed by atoms with E-state index in [1.807, 2.05) is 19.1 Å². The number of piperidine rings is 1. The number of carbonyl (C=O) groups is 2. The molecule has 0 unspecified atom stereocenters. The number of hydrogen-bond acceptors (Lipinski definition) is 4. The van der Waals surface area contributed by atoms with Crippen LogP contribution in [0.2, 0.25) is 0 Å². The molecule has 8 heteroatoms. The number of anilines is 1. The van der Waals surface area contributed by atoms with E-state index < -0.39 is 10.0 Å². The van der Waals surface area contributed by atoms with E-state index in [4.69, 9.17) is 0 Å². The molecule has 0 atom stereocenters. The van der Waals surface area contributed by atoms with Gasteiger partial charge < -0.3 is 10.2 Å². The highest BCUT2D eigenvalue weighted by Crippen LogP contribution is 2.23. The molecule has 0 saturated carbocycles. The standard InChI is InChI=1S/C22H27N3O4S/c1-15-4-7-18(8-5-15)24-30(28,29)19-9-6-16(2)20(14-19)22(27)25-12-10-17(11-13-25)21(26)23-3/h4-9,14,17,24H,10-13H2,1-3H3,(H,23,26). The van der Waals surface area contributed by atoms with Crippen LogP contribution in [0.3, 0.4) is 0 Å². The van der Waals surface area contributed by atoms with Gasteiger partial charge in [0, 0.05) is 37.3 Å². The van der Waals surface area contributed by atoms with Crippen LogP contribution in [0.15, 0.2) is 47.4 Å². The molecule has 0 radical (unpaired) electrons. The molecule has 1 aliphatic heterocycles. The first-order valence-corrected chi connectivity index (χ1v) is 11.4. The third kappa shape index (κ3) is 4.81. The number of nitrogens with one attached hydrogen (secondary N) is 2. The molecule has 30 heavy (non-hydrogen) atoms. The van der Waals surface area contributed by atoms with Gasteiger partial charge in [-0.25, -0.2) is 8.42 Å². The number of likely N-dealkylation sites (tertiary alicyclic amines) is 1. The van der Waals surface area contributed by atoms with Gasteiger partial charge in [-0.1, -0.05) is 23.8 Å². The first kappa shape index (κ1) is 21.8. The number of nitrogens with zero attached hydrogens (tertiary/aromatic N) is 1. The molecule has 1 aliphatic rings. The minimum absolute atomic E-state index is 0.00597. The van der Waals surface area contributed by atoms with Gasteiger partial charge in [0.15, 0.2) is 0 Å². The molecule has 7 nitrogen and oxygen atoms in total. The Morgan fingerprint density at radius 1 is 1.00 bits per heavy atom. The lowest BCUT2D eigenvalue weighted by molar-refractivity contribution is -0.125. The molecule has 0 aliphatic carbocycles. The summed E-state index contributed by atoms with van der Waals surface area (Å²) in [7, 11) is -2.22. The van der Waals surface area contributed by atoms with Crippen molar-refractivity contribution in [1.29, 1.82) is 0 Å². The van der Waals surface area contributed by atoms with E-state index in [0.717, 1.165) is 5.56 Å². The van der Waals surface area contributed by atoms with Crippen molar-refractivity contribution in [2.75, 3.05) is 24.9 Å². The Hall–Kier alpha value is -2.87. The summed E-state index contributed by atoms with van der Waals surface area (Å²) in [5.41, 5.74) is 2.56. The number of hydrogen-bond donors (Lipinski definition) is 2. The number of sulfonamides is 1. The minimum Gasteiger partial charge on any atom is -0.359 e. The maximum atomic E-state index is 13.1. The van der Waals surface area contributed by atoms with Crippen molar-refractivity contribution in [2.45, 2.75) is 31.6 Å². The Balaban J connectivity index is 1.78. The lowest BCUT2D eigenvalue weighted by Crippen LogP contribution is -2.42. The van der Waals surface area contributed by atoms with Gasteiger partial charge in [-0.15, -0.1) is 0 Å². The normalized spacial score (nSPS) is 15.0. The average Bonchev–Trinajstić information content (AvgIpc) is 2.74. The van der Waals surface area contributed by atoms with E-state index in [1.54, 1.807) is 37.1 Å². The molecule has 1 heterocycles. The van der Waals surface area contributed by atoms with E-state index in [0.29, 0.717) is 42.7 Å². The van der Waals surface area contributed by atoms with Gasteiger partial charge >= 0.3 is 0 Å². The second-order valence-electron chi connectivity index (χ2n) is 7.63. The second kappa shape index (κ2) is 8.87. The molecule has 1 saturated heterocycles. The van der Waals surface area contributed by atoms with E-state index in [-0.39, 0.29) is 22.6 Å². The van der Waals surface area contributed by atoms with Gasteiger partial charge in [-0.2, -0.15) is 0 Å². The lowest BCUT2D eigenvalue weighted by Gasteiger charge is -2.31. The summed E-state index contributed by atoms with van der Waals surface area (Å²) in [6, 6.07) is 11.6. The summed E-state index contributed by atoms with van der Waals surface area (Å²) in [5.74, 6) is -0.311. The van der Waals surface area contributed by atoms with E-state index in [9.17, 15) is 18.0 Å². The van der Waals surface area contributed by atoms with Crippen LogP contribution in [-0.4, -0.2) is 45.3 Å². The zero-order valence-electron chi connectivity index (χ0n) is 17.4. The van der Waals surface area contributed by atoms with Crippen molar-refractivity contribution >= 4 is 27.5 Å². The Labute approximate surface area is 177 Å². The van der Waals surface area contributed by atoms with Crippen LogP contribution < -0.4 is 10.0 Å². The topological polar surface area (TPSA) is 95.6 Å². The molecule has 2 amide bonds. The molecule has 0 aromatic heterocycles. The predicted molar refractivity (Wildman–Crippen MR) is 116 cm³/mol. The minimum atomic E-state index is -3.83. The number of rotatable bonds is 5. The molecule has 1 fully saturated rings. The number of carbonyl (C=O) groups excluding carboxylic acids is 2. The van der Waals surface area contributed by atoms with Crippen LogP contribution in [0.1, 0.15) is 34.3 Å². The number of benzene rings is 2. The van der Waals surface area contributed by atoms with E-state index in [1.165, 1.54) is 12.1 Å². The number of amides is 2. The van der Waals surface area contributed by atoms with Crippen LogP contribution in [0, 0.1) is 19.8 Å². The third-order valence-electron chi connectivity index (χ3n) is 5.45. The summed E-state index contributed by atoms with van der Waals surface area (Å²) in [6.07, 6.45) is 1.19. The van der Waals surface area contributed by atoms with Crippen LogP contribution in [0.25, 0.3) is 0 Å². The van der Waals surface area contributed by atoms with Crippen molar-refractivity contribution in [2.24, 2.45) is 5.92 Å². The van der Waals surface area contributed by atoms with Gasteiger partial charge in [0.25, 0.3) is 15.9 Å². The Morgan fingerprint density at radius 3 is 2.23 bits per heavy atom. The van der Waals surface area contributed by atoms with Crippen molar-refractivity contribution in [3.63, 3.8) is 0 Å². The molecule has 2 aromatic rings. The molecular formula is C22H27N3O4S. The maximum absolute atomic E-state index is 13.1. The smallest absolute Gasteiger partial charge is 0.261 e. The fourth-order valence-corrected chi connectivity index (χ4v) is 4.64. The van der Waals surface area contributed by atoms with Crippen molar-refractivity contribution in [3.05, 3.63) is 59.2 Å². The van der Waals surface area contributed by atoms with Crippen LogP contribution in [0.5, 0.6) is 0 Å². The molecule has 2 N–H and O–H groups in total. The van der Waals surface area contributed by atoms with Gasteiger partial charge in [0.05, 0.1) is 4.90 Å². The lowest BCUT2D eigenvalue weighted by atomic mass is 9.95. The summed E-state index contributed by atoms with van der Waals surface area (Å²) >= 11 is 0. The predicted octanol–water partition coefficient (Wildman–Crippen LogP) is 2.70. The third-order valence-corrected chi connectivity index (χ3v) is 6.83. The zero-order valence-corrected chi connectivity index (χ0v) is 18.3. The fraction of sp³-hybridized carbons (Fsp3) is 0.364. The molecule has 3 rings (SSSR count). The van der Waals surface area contributed by atoms with Crippen molar-refractivity contribution < 1.29 is 18.0 Å². The van der Waals surface area contributed by atoms with E-state index >= 15 is 0 Å². The first-order valence-electron chi connectivity index (χ1n) is 9.92. The fourth-order valence-electron chi connectivity index (χ4n) is 3.55. The Morgan fingerprint density at radius 2 is 1.63 bits per heavy atom. The quantitative estimate of drug-likeness (QED) is 0.764. The van der Waals surface area contributed by atoms with Gasteiger partial charge in [-0.05, 0) is 56.5 Å². The highest BCUT2D eigenvalue weighted by Gasteiger charge is 2.28.